The zero-order valence-electron chi connectivity index (χ0n) is 11.5. The van der Waals surface area contributed by atoms with Crippen molar-refractivity contribution >= 4 is 11.6 Å². The van der Waals surface area contributed by atoms with E-state index in [9.17, 15) is 5.11 Å². The molecule has 2 aliphatic carbocycles. The lowest BCUT2D eigenvalue weighted by atomic mass is 9.49. The highest BCUT2D eigenvalue weighted by Gasteiger charge is 2.68. The van der Waals surface area contributed by atoms with Crippen LogP contribution < -0.4 is 0 Å². The van der Waals surface area contributed by atoms with Crippen molar-refractivity contribution in [2.24, 2.45) is 10.8 Å². The quantitative estimate of drug-likeness (QED) is 0.541. The van der Waals surface area contributed by atoms with Gasteiger partial charge in [0.05, 0.1) is 23.2 Å². The topological polar surface area (TPSA) is 29.5 Å². The van der Waals surface area contributed by atoms with Crippen molar-refractivity contribution in [3.05, 3.63) is 12.2 Å². The molecule has 0 amide bonds. The Kier molecular flexibility index (Phi) is 2.54. The summed E-state index contributed by atoms with van der Waals surface area (Å²) in [6, 6.07) is 0. The molecular formula is C15H23ClO2. The molecule has 3 fully saturated rings. The number of rotatable bonds is 0. The average molecular weight is 271 g/mol. The maximum atomic E-state index is 10.4. The number of hydrogen-bond acceptors (Lipinski definition) is 2. The number of alkyl halides is 1. The summed E-state index contributed by atoms with van der Waals surface area (Å²) in [5.74, 6) is 0. The van der Waals surface area contributed by atoms with Gasteiger partial charge in [0.15, 0.2) is 0 Å². The summed E-state index contributed by atoms with van der Waals surface area (Å²) in [4.78, 5) is -0.566. The van der Waals surface area contributed by atoms with E-state index in [1.807, 2.05) is 6.92 Å². The molecule has 3 rings (SSSR count). The summed E-state index contributed by atoms with van der Waals surface area (Å²) in [6.07, 6.45) is 3.42. The first-order valence-electron chi connectivity index (χ1n) is 6.92. The first kappa shape index (κ1) is 13.0. The summed E-state index contributed by atoms with van der Waals surface area (Å²) in [6.45, 7) is 10.8. The molecule has 1 spiro atoms. The van der Waals surface area contributed by atoms with Crippen LogP contribution in [0.4, 0.5) is 0 Å². The van der Waals surface area contributed by atoms with E-state index in [0.29, 0.717) is 12.8 Å². The maximum Gasteiger partial charge on any atom is 0.0739 e. The van der Waals surface area contributed by atoms with Crippen LogP contribution in [0.2, 0.25) is 0 Å². The third kappa shape index (κ3) is 1.32. The Morgan fingerprint density at radius 2 is 1.94 bits per heavy atom. The van der Waals surface area contributed by atoms with Gasteiger partial charge in [-0.15, -0.1) is 11.6 Å². The minimum Gasteiger partial charge on any atom is -0.391 e. The molecule has 0 aromatic carbocycles. The van der Waals surface area contributed by atoms with Gasteiger partial charge in [-0.05, 0) is 32.6 Å². The summed E-state index contributed by atoms with van der Waals surface area (Å²) >= 11 is 6.46. The van der Waals surface area contributed by atoms with Crippen molar-refractivity contribution in [1.82, 2.24) is 0 Å². The van der Waals surface area contributed by atoms with Crippen LogP contribution in [0, 0.1) is 10.8 Å². The molecule has 1 N–H and O–H groups in total. The molecule has 1 saturated heterocycles. The van der Waals surface area contributed by atoms with Crippen molar-refractivity contribution in [3.8, 4) is 0 Å². The number of halogens is 1. The molecule has 0 aromatic rings. The highest BCUT2D eigenvalue weighted by atomic mass is 35.5. The van der Waals surface area contributed by atoms with Crippen LogP contribution in [-0.2, 0) is 4.74 Å². The largest absolute Gasteiger partial charge is 0.391 e. The Balaban J connectivity index is 2.08. The number of aliphatic hydroxyl groups excluding tert-OH is 1. The smallest absolute Gasteiger partial charge is 0.0739 e. The van der Waals surface area contributed by atoms with Gasteiger partial charge >= 0.3 is 0 Å². The Hall–Kier alpha value is -0.0500. The van der Waals surface area contributed by atoms with Gasteiger partial charge in [-0.2, -0.15) is 0 Å². The molecule has 1 heterocycles. The fourth-order valence-corrected chi connectivity index (χ4v) is 4.82. The molecule has 2 bridgehead atoms. The molecule has 3 heteroatoms. The number of hydrogen-bond donors (Lipinski definition) is 1. The van der Waals surface area contributed by atoms with Gasteiger partial charge in [0.1, 0.15) is 0 Å². The minimum absolute atomic E-state index is 0.0569. The molecule has 0 unspecified atom stereocenters. The Labute approximate surface area is 114 Å². The van der Waals surface area contributed by atoms with Crippen molar-refractivity contribution in [3.63, 3.8) is 0 Å². The van der Waals surface area contributed by atoms with Crippen molar-refractivity contribution in [2.45, 2.75) is 69.6 Å². The minimum atomic E-state index is -0.566. The molecule has 2 nitrogen and oxygen atoms in total. The Bertz CT molecular complexity index is 401. The second-order valence-corrected chi connectivity index (χ2v) is 8.01. The van der Waals surface area contributed by atoms with Gasteiger partial charge in [0.2, 0.25) is 0 Å². The maximum absolute atomic E-state index is 10.4. The summed E-state index contributed by atoms with van der Waals surface area (Å²) < 4.78 is 6.29. The van der Waals surface area contributed by atoms with Crippen LogP contribution in [0.1, 0.15) is 46.5 Å². The zero-order chi connectivity index (χ0) is 13.3. The third-order valence-corrected chi connectivity index (χ3v) is 6.37. The van der Waals surface area contributed by atoms with Gasteiger partial charge in [-0.25, -0.2) is 0 Å². The van der Waals surface area contributed by atoms with Gasteiger partial charge in [-0.3, -0.25) is 0 Å². The number of ether oxygens (including phenoxy) is 1. The normalized spacial score (nSPS) is 54.3. The lowest BCUT2D eigenvalue weighted by molar-refractivity contribution is -0.0490. The van der Waals surface area contributed by atoms with E-state index in [-0.39, 0.29) is 23.0 Å². The van der Waals surface area contributed by atoms with E-state index < -0.39 is 11.0 Å². The molecule has 2 saturated carbocycles. The van der Waals surface area contributed by atoms with E-state index in [4.69, 9.17) is 16.3 Å². The lowest BCUT2D eigenvalue weighted by Crippen LogP contribution is -2.57. The second kappa shape index (κ2) is 3.53. The predicted molar refractivity (Wildman–Crippen MR) is 72.7 cm³/mol. The Morgan fingerprint density at radius 1 is 1.28 bits per heavy atom. The van der Waals surface area contributed by atoms with Gasteiger partial charge in [0.25, 0.3) is 0 Å². The van der Waals surface area contributed by atoms with Crippen molar-refractivity contribution < 1.29 is 9.84 Å². The third-order valence-electron chi connectivity index (χ3n) is 5.97. The molecule has 1 aliphatic heterocycles. The van der Waals surface area contributed by atoms with Gasteiger partial charge in [0, 0.05) is 10.8 Å². The molecule has 5 atom stereocenters. The molecular weight excluding hydrogens is 248 g/mol. The summed E-state index contributed by atoms with van der Waals surface area (Å²) in [7, 11) is 0. The predicted octanol–water partition coefficient (Wildman–Crippen LogP) is 3.27. The second-order valence-electron chi connectivity index (χ2n) is 7.15. The van der Waals surface area contributed by atoms with E-state index in [1.54, 1.807) is 0 Å². The van der Waals surface area contributed by atoms with Crippen LogP contribution in [0.5, 0.6) is 0 Å². The first-order valence-corrected chi connectivity index (χ1v) is 7.30. The fraction of sp³-hybridized carbons (Fsp3) is 0.867. The SMILES string of the molecule is C=C1CC[C@@H]2O[C@H]3C[C@](C)(Cl)[C@@H](O)C[C@]13C2(C)C. The summed E-state index contributed by atoms with van der Waals surface area (Å²) in [5.41, 5.74) is 1.24. The highest BCUT2D eigenvalue weighted by molar-refractivity contribution is 6.24. The van der Waals surface area contributed by atoms with Crippen LogP contribution >= 0.6 is 11.6 Å². The summed E-state index contributed by atoms with van der Waals surface area (Å²) in [5, 5.41) is 10.4. The standard InChI is InChI=1S/C15H23ClO2/c1-9-5-6-11-13(2,3)15(9)7-10(17)14(4,16)8-12(15)18-11/h10-12,17H,1,5-8H2,2-4H3/t10-,11-,12-,14-,15-/m0/s1. The molecule has 18 heavy (non-hydrogen) atoms. The van der Waals surface area contributed by atoms with Crippen LogP contribution in [0.15, 0.2) is 12.2 Å². The van der Waals surface area contributed by atoms with Gasteiger partial charge in [-0.1, -0.05) is 26.0 Å². The molecule has 102 valence electrons. The fourth-order valence-electron chi connectivity index (χ4n) is 4.60. The molecule has 0 aromatic heterocycles. The van der Waals surface area contributed by atoms with E-state index >= 15 is 0 Å². The molecule has 3 aliphatic rings. The number of aliphatic hydroxyl groups is 1. The number of fused-ring (bicyclic) bond motifs is 1. The highest BCUT2D eigenvalue weighted by Crippen LogP contribution is 2.67. The monoisotopic (exact) mass is 270 g/mol. The van der Waals surface area contributed by atoms with Crippen LogP contribution in [0.3, 0.4) is 0 Å². The molecule has 0 radical (unpaired) electrons. The Morgan fingerprint density at radius 3 is 2.61 bits per heavy atom. The van der Waals surface area contributed by atoms with Crippen LogP contribution in [0.25, 0.3) is 0 Å². The van der Waals surface area contributed by atoms with E-state index in [1.165, 1.54) is 5.57 Å². The first-order chi connectivity index (χ1) is 8.22. The van der Waals surface area contributed by atoms with E-state index in [0.717, 1.165) is 12.8 Å². The lowest BCUT2D eigenvalue weighted by Gasteiger charge is -2.54. The van der Waals surface area contributed by atoms with Crippen LogP contribution in [-0.4, -0.2) is 28.3 Å². The van der Waals surface area contributed by atoms with Gasteiger partial charge < -0.3 is 9.84 Å². The zero-order valence-corrected chi connectivity index (χ0v) is 12.3. The van der Waals surface area contributed by atoms with Crippen molar-refractivity contribution in [1.29, 1.82) is 0 Å². The average Bonchev–Trinajstić information content (AvgIpc) is 2.38. The van der Waals surface area contributed by atoms with E-state index in [2.05, 4.69) is 20.4 Å². The van der Waals surface area contributed by atoms with Crippen molar-refractivity contribution in [2.75, 3.05) is 0 Å².